The predicted octanol–water partition coefficient (Wildman–Crippen LogP) is 3.15. The van der Waals surface area contributed by atoms with E-state index >= 15 is 0 Å². The molecule has 0 N–H and O–H groups in total. The van der Waals surface area contributed by atoms with Crippen molar-refractivity contribution < 1.29 is 4.79 Å². The third-order valence-corrected chi connectivity index (χ3v) is 4.86. The fourth-order valence-electron chi connectivity index (χ4n) is 2.74. The Morgan fingerprint density at radius 3 is 3.14 bits per heavy atom. The Bertz CT molecular complexity index is 611. The number of aromatic nitrogens is 2. The third kappa shape index (κ3) is 3.29. The van der Waals surface area contributed by atoms with Gasteiger partial charge < -0.3 is 4.90 Å². The van der Waals surface area contributed by atoms with Gasteiger partial charge in [0.2, 0.25) is 5.91 Å². The lowest BCUT2D eigenvalue weighted by Crippen LogP contribution is -2.42. The Kier molecular flexibility index (Phi) is 4.29. The molecule has 0 saturated carbocycles. The van der Waals surface area contributed by atoms with Crippen LogP contribution in [0, 0.1) is 0 Å². The van der Waals surface area contributed by atoms with Gasteiger partial charge in [-0.15, -0.1) is 11.3 Å². The van der Waals surface area contributed by atoms with Crippen LogP contribution in [0.1, 0.15) is 31.9 Å². The maximum Gasteiger partial charge on any atom is 0.228 e. The van der Waals surface area contributed by atoms with Gasteiger partial charge in [0.05, 0.1) is 12.1 Å². The largest absolute Gasteiger partial charge is 0.340 e. The van der Waals surface area contributed by atoms with Gasteiger partial charge in [0, 0.05) is 35.9 Å². The van der Waals surface area contributed by atoms with E-state index in [-0.39, 0.29) is 5.91 Å². The molecule has 1 amide bonds. The van der Waals surface area contributed by atoms with Gasteiger partial charge in [0.1, 0.15) is 5.01 Å². The average molecular weight is 301 g/mol. The molecule has 21 heavy (non-hydrogen) atoms. The Hall–Kier alpha value is -1.75. The molecular weight excluding hydrogens is 282 g/mol. The van der Waals surface area contributed by atoms with Crippen molar-refractivity contribution in [2.75, 3.05) is 6.54 Å². The molecule has 1 aliphatic heterocycles. The zero-order valence-corrected chi connectivity index (χ0v) is 13.0. The Labute approximate surface area is 128 Å². The van der Waals surface area contributed by atoms with Crippen molar-refractivity contribution in [2.24, 2.45) is 0 Å². The molecule has 5 heteroatoms. The van der Waals surface area contributed by atoms with Gasteiger partial charge in [-0.3, -0.25) is 9.78 Å². The first kappa shape index (κ1) is 14.2. The molecule has 2 aromatic heterocycles. The minimum atomic E-state index is 0.199. The number of rotatable bonds is 3. The van der Waals surface area contributed by atoms with Crippen molar-refractivity contribution in [2.45, 2.75) is 38.6 Å². The lowest BCUT2D eigenvalue weighted by molar-refractivity contribution is -0.133. The van der Waals surface area contributed by atoms with Gasteiger partial charge in [-0.1, -0.05) is 0 Å². The number of pyridine rings is 1. The van der Waals surface area contributed by atoms with Gasteiger partial charge in [-0.25, -0.2) is 4.98 Å². The highest BCUT2D eigenvalue weighted by Crippen LogP contribution is 2.24. The van der Waals surface area contributed by atoms with Crippen LogP contribution in [-0.2, 0) is 11.2 Å². The summed E-state index contributed by atoms with van der Waals surface area (Å²) in [5.41, 5.74) is 1.87. The molecule has 1 saturated heterocycles. The number of carbonyl (C=O) groups excluding carboxylic acids is 1. The highest BCUT2D eigenvalue weighted by Gasteiger charge is 2.23. The van der Waals surface area contributed by atoms with Crippen LogP contribution in [0.2, 0.25) is 0 Å². The molecule has 0 radical (unpaired) electrons. The second-order valence-electron chi connectivity index (χ2n) is 5.49. The number of hydrogen-bond acceptors (Lipinski definition) is 4. The number of hydrogen-bond donors (Lipinski definition) is 0. The van der Waals surface area contributed by atoms with Gasteiger partial charge >= 0.3 is 0 Å². The van der Waals surface area contributed by atoms with Gasteiger partial charge in [0.15, 0.2) is 0 Å². The molecule has 4 nitrogen and oxygen atoms in total. The molecule has 3 rings (SSSR count). The highest BCUT2D eigenvalue weighted by molar-refractivity contribution is 7.13. The van der Waals surface area contributed by atoms with Gasteiger partial charge in [0.25, 0.3) is 0 Å². The van der Waals surface area contributed by atoms with Crippen molar-refractivity contribution in [3.63, 3.8) is 0 Å². The number of piperidine rings is 1. The van der Waals surface area contributed by atoms with Crippen LogP contribution in [0.25, 0.3) is 10.6 Å². The second kappa shape index (κ2) is 6.35. The van der Waals surface area contributed by atoms with E-state index in [9.17, 15) is 4.79 Å². The van der Waals surface area contributed by atoms with E-state index in [1.54, 1.807) is 23.7 Å². The molecule has 1 atom stereocenters. The third-order valence-electron chi connectivity index (χ3n) is 3.92. The molecule has 0 spiro atoms. The highest BCUT2D eigenvalue weighted by atomic mass is 32.1. The summed E-state index contributed by atoms with van der Waals surface area (Å²) in [6.45, 7) is 3.03. The number of likely N-dealkylation sites (tertiary alicyclic amines) is 1. The van der Waals surface area contributed by atoms with Crippen LogP contribution in [0.4, 0.5) is 0 Å². The maximum atomic E-state index is 12.4. The predicted molar refractivity (Wildman–Crippen MR) is 84.1 cm³/mol. The summed E-state index contributed by atoms with van der Waals surface area (Å²) < 4.78 is 0. The summed E-state index contributed by atoms with van der Waals surface area (Å²) >= 11 is 1.57. The van der Waals surface area contributed by atoms with E-state index in [2.05, 4.69) is 16.9 Å². The minimum Gasteiger partial charge on any atom is -0.340 e. The summed E-state index contributed by atoms with van der Waals surface area (Å²) in [6.07, 6.45) is 7.42. The fourth-order valence-corrected chi connectivity index (χ4v) is 3.55. The lowest BCUT2D eigenvalue weighted by atomic mass is 10.0. The first-order chi connectivity index (χ1) is 10.2. The Morgan fingerprint density at radius 2 is 2.38 bits per heavy atom. The smallest absolute Gasteiger partial charge is 0.228 e. The zero-order chi connectivity index (χ0) is 14.7. The van der Waals surface area contributed by atoms with Crippen molar-refractivity contribution in [3.05, 3.63) is 35.6 Å². The quantitative estimate of drug-likeness (QED) is 0.875. The summed E-state index contributed by atoms with van der Waals surface area (Å²) in [6, 6.07) is 4.25. The zero-order valence-electron chi connectivity index (χ0n) is 12.2. The molecule has 2 aromatic rings. The van der Waals surface area contributed by atoms with Crippen molar-refractivity contribution >= 4 is 17.2 Å². The second-order valence-corrected chi connectivity index (χ2v) is 6.35. The molecule has 1 unspecified atom stereocenters. The molecule has 1 aliphatic rings. The van der Waals surface area contributed by atoms with Crippen LogP contribution in [0.3, 0.4) is 0 Å². The Morgan fingerprint density at radius 1 is 1.48 bits per heavy atom. The number of thiazole rings is 1. The first-order valence-corrected chi connectivity index (χ1v) is 8.26. The van der Waals surface area contributed by atoms with Gasteiger partial charge in [-0.2, -0.15) is 0 Å². The summed E-state index contributed by atoms with van der Waals surface area (Å²) in [7, 11) is 0. The molecular formula is C16H19N3OS. The number of carbonyl (C=O) groups is 1. The number of nitrogens with zero attached hydrogens (tertiary/aromatic N) is 3. The lowest BCUT2D eigenvalue weighted by Gasteiger charge is -2.33. The van der Waals surface area contributed by atoms with Crippen LogP contribution in [-0.4, -0.2) is 33.4 Å². The van der Waals surface area contributed by atoms with Crippen LogP contribution in [0.15, 0.2) is 29.9 Å². The van der Waals surface area contributed by atoms with Crippen molar-refractivity contribution in [1.82, 2.24) is 14.9 Å². The van der Waals surface area contributed by atoms with Crippen LogP contribution >= 0.6 is 11.3 Å². The maximum absolute atomic E-state index is 12.4. The van der Waals surface area contributed by atoms with E-state index < -0.39 is 0 Å². The van der Waals surface area contributed by atoms with E-state index in [1.807, 2.05) is 22.4 Å². The SMILES string of the molecule is CC1CCCCN1C(=O)Cc1csc(-c2cccnc2)n1. The standard InChI is InChI=1S/C16H19N3OS/c1-12-5-2-3-8-19(12)15(20)9-14-11-21-16(18-14)13-6-4-7-17-10-13/h4,6-7,10-12H,2-3,5,8-9H2,1H3. The minimum absolute atomic E-state index is 0.199. The van der Waals surface area contributed by atoms with E-state index in [0.717, 1.165) is 35.7 Å². The van der Waals surface area contributed by atoms with E-state index in [0.29, 0.717) is 12.5 Å². The van der Waals surface area contributed by atoms with Crippen molar-refractivity contribution in [3.8, 4) is 10.6 Å². The monoisotopic (exact) mass is 301 g/mol. The topological polar surface area (TPSA) is 46.1 Å². The fraction of sp³-hybridized carbons (Fsp3) is 0.438. The van der Waals surface area contributed by atoms with E-state index in [4.69, 9.17) is 0 Å². The first-order valence-electron chi connectivity index (χ1n) is 7.38. The van der Waals surface area contributed by atoms with Crippen molar-refractivity contribution in [1.29, 1.82) is 0 Å². The van der Waals surface area contributed by atoms with Gasteiger partial charge in [-0.05, 0) is 38.3 Å². The summed E-state index contributed by atoms with van der Waals surface area (Å²) in [5.74, 6) is 0.199. The number of amides is 1. The van der Waals surface area contributed by atoms with Crippen LogP contribution in [0.5, 0.6) is 0 Å². The molecule has 0 bridgehead atoms. The molecule has 110 valence electrons. The molecule has 0 aromatic carbocycles. The molecule has 0 aliphatic carbocycles. The average Bonchev–Trinajstić information content (AvgIpc) is 2.97. The summed E-state index contributed by atoms with van der Waals surface area (Å²) in [5, 5.41) is 2.91. The summed E-state index contributed by atoms with van der Waals surface area (Å²) in [4.78, 5) is 23.1. The Balaban J connectivity index is 1.68. The molecule has 3 heterocycles. The van der Waals surface area contributed by atoms with E-state index in [1.165, 1.54) is 6.42 Å². The molecule has 1 fully saturated rings. The van der Waals surface area contributed by atoms with Crippen LogP contribution < -0.4 is 0 Å². The normalized spacial score (nSPS) is 18.7.